The predicted octanol–water partition coefficient (Wildman–Crippen LogP) is 2.78. The maximum Gasteiger partial charge on any atom is 0.258 e. The van der Waals surface area contributed by atoms with E-state index in [1.165, 1.54) is 0 Å². The number of carbonyl (C=O) groups is 2. The topological polar surface area (TPSA) is 87.7 Å². The van der Waals surface area contributed by atoms with Gasteiger partial charge in [-0.05, 0) is 25.0 Å². The maximum atomic E-state index is 13.2. The Kier molecular flexibility index (Phi) is 8.25. The summed E-state index contributed by atoms with van der Waals surface area (Å²) in [5.41, 5.74) is 0.947. The molecule has 1 aromatic carbocycles. The lowest BCUT2D eigenvalue weighted by Crippen LogP contribution is -2.57. The Morgan fingerprint density at radius 2 is 1.70 bits per heavy atom. The molecule has 0 unspecified atom stereocenters. The summed E-state index contributed by atoms with van der Waals surface area (Å²) in [5, 5.41) is 2.86. The van der Waals surface area contributed by atoms with Gasteiger partial charge in [-0.25, -0.2) is 9.97 Å². The monoisotopic (exact) mass is 453 g/mol. The van der Waals surface area contributed by atoms with Gasteiger partial charge in [-0.15, -0.1) is 0 Å². The summed E-state index contributed by atoms with van der Waals surface area (Å²) in [4.78, 5) is 38.9. The molecule has 1 aliphatic rings. The standard InChI is InChI=1S/C25H35N5O3/c1-17(2)23(28-22(31)16-33-20-9-7-6-8-10-20)25(32)30-13-11-29(12-14-30)21-15-19(5)26-24(27-21)18(3)4/h6-10,15,17-18,23H,11-14,16H2,1-5H3,(H,28,31)/t23-/m0/s1. The van der Waals surface area contributed by atoms with E-state index in [0.29, 0.717) is 31.9 Å². The van der Waals surface area contributed by atoms with Crippen LogP contribution in [0.1, 0.15) is 45.1 Å². The lowest BCUT2D eigenvalue weighted by molar-refractivity contribution is -0.138. The minimum absolute atomic E-state index is 0.0330. The Hall–Kier alpha value is -3.16. The average Bonchev–Trinajstić information content (AvgIpc) is 2.81. The van der Waals surface area contributed by atoms with Crippen LogP contribution in [-0.2, 0) is 9.59 Å². The molecule has 8 nitrogen and oxygen atoms in total. The summed E-state index contributed by atoms with van der Waals surface area (Å²) in [5.74, 6) is 2.23. The number of nitrogens with zero attached hydrogens (tertiary/aromatic N) is 4. The van der Waals surface area contributed by atoms with Gasteiger partial charge in [0.2, 0.25) is 5.91 Å². The van der Waals surface area contributed by atoms with Crippen molar-refractivity contribution in [2.75, 3.05) is 37.7 Å². The Balaban J connectivity index is 1.56. The Bertz CT molecular complexity index is 940. The highest BCUT2D eigenvalue weighted by Gasteiger charge is 2.31. The quantitative estimate of drug-likeness (QED) is 0.661. The molecule has 1 fully saturated rings. The molecule has 3 rings (SSSR count). The average molecular weight is 454 g/mol. The SMILES string of the molecule is Cc1cc(N2CCN(C(=O)[C@@H](NC(=O)COc3ccccc3)C(C)C)CC2)nc(C(C)C)n1. The van der Waals surface area contributed by atoms with E-state index in [9.17, 15) is 9.59 Å². The first-order chi connectivity index (χ1) is 15.7. The van der Waals surface area contributed by atoms with Crippen molar-refractivity contribution in [3.05, 3.63) is 47.9 Å². The van der Waals surface area contributed by atoms with Crippen molar-refractivity contribution in [3.63, 3.8) is 0 Å². The number of ether oxygens (including phenoxy) is 1. The molecule has 2 amide bonds. The van der Waals surface area contributed by atoms with Gasteiger partial charge < -0.3 is 19.9 Å². The molecule has 0 radical (unpaired) electrons. The van der Waals surface area contributed by atoms with Crippen LogP contribution in [0, 0.1) is 12.8 Å². The fourth-order valence-corrected chi connectivity index (χ4v) is 3.74. The van der Waals surface area contributed by atoms with E-state index in [1.54, 1.807) is 12.1 Å². The smallest absolute Gasteiger partial charge is 0.258 e. The highest BCUT2D eigenvalue weighted by molar-refractivity contribution is 5.88. The zero-order valence-electron chi connectivity index (χ0n) is 20.2. The minimum atomic E-state index is -0.586. The van der Waals surface area contributed by atoms with Crippen LogP contribution in [0.2, 0.25) is 0 Å². The summed E-state index contributed by atoms with van der Waals surface area (Å²) < 4.78 is 5.52. The zero-order chi connectivity index (χ0) is 24.0. The Morgan fingerprint density at radius 1 is 1.03 bits per heavy atom. The number of hydrogen-bond donors (Lipinski definition) is 1. The van der Waals surface area contributed by atoms with Crippen LogP contribution in [0.5, 0.6) is 5.75 Å². The van der Waals surface area contributed by atoms with E-state index in [-0.39, 0.29) is 30.3 Å². The van der Waals surface area contributed by atoms with E-state index < -0.39 is 6.04 Å². The summed E-state index contributed by atoms with van der Waals surface area (Å²) in [6.45, 7) is 12.4. The maximum absolute atomic E-state index is 13.2. The first-order valence-corrected chi connectivity index (χ1v) is 11.6. The van der Waals surface area contributed by atoms with Crippen LogP contribution in [0.4, 0.5) is 5.82 Å². The van der Waals surface area contributed by atoms with Gasteiger partial charge in [-0.2, -0.15) is 0 Å². The number of anilines is 1. The highest BCUT2D eigenvalue weighted by atomic mass is 16.5. The number of piperazine rings is 1. The number of carbonyl (C=O) groups excluding carboxylic acids is 2. The van der Waals surface area contributed by atoms with Gasteiger partial charge in [0, 0.05) is 43.9 Å². The predicted molar refractivity (Wildman–Crippen MR) is 128 cm³/mol. The van der Waals surface area contributed by atoms with Crippen molar-refractivity contribution in [2.24, 2.45) is 5.92 Å². The first-order valence-electron chi connectivity index (χ1n) is 11.6. The highest BCUT2D eigenvalue weighted by Crippen LogP contribution is 2.19. The molecule has 1 aromatic heterocycles. The molecule has 2 heterocycles. The zero-order valence-corrected chi connectivity index (χ0v) is 20.2. The van der Waals surface area contributed by atoms with Crippen LogP contribution in [0.3, 0.4) is 0 Å². The second-order valence-corrected chi connectivity index (χ2v) is 9.08. The molecule has 0 aliphatic carbocycles. The molecule has 1 N–H and O–H groups in total. The van der Waals surface area contributed by atoms with Gasteiger partial charge in [-0.1, -0.05) is 45.9 Å². The van der Waals surface area contributed by atoms with E-state index >= 15 is 0 Å². The lowest BCUT2D eigenvalue weighted by Gasteiger charge is -2.38. The summed E-state index contributed by atoms with van der Waals surface area (Å²) in [6.07, 6.45) is 0. The minimum Gasteiger partial charge on any atom is -0.484 e. The summed E-state index contributed by atoms with van der Waals surface area (Å²) in [7, 11) is 0. The number of aromatic nitrogens is 2. The van der Waals surface area contributed by atoms with Crippen LogP contribution in [0.25, 0.3) is 0 Å². The van der Waals surface area contributed by atoms with E-state index in [2.05, 4.69) is 29.0 Å². The molecule has 1 saturated heterocycles. The molecular formula is C25H35N5O3. The van der Waals surface area contributed by atoms with Crippen molar-refractivity contribution in [1.82, 2.24) is 20.2 Å². The van der Waals surface area contributed by atoms with Gasteiger partial charge >= 0.3 is 0 Å². The largest absolute Gasteiger partial charge is 0.484 e. The molecule has 0 spiro atoms. The van der Waals surface area contributed by atoms with Gasteiger partial charge in [-0.3, -0.25) is 9.59 Å². The molecule has 33 heavy (non-hydrogen) atoms. The number of amides is 2. The van der Waals surface area contributed by atoms with Crippen molar-refractivity contribution < 1.29 is 14.3 Å². The van der Waals surface area contributed by atoms with Crippen LogP contribution >= 0.6 is 0 Å². The fourth-order valence-electron chi connectivity index (χ4n) is 3.74. The van der Waals surface area contributed by atoms with Crippen molar-refractivity contribution >= 4 is 17.6 Å². The Morgan fingerprint density at radius 3 is 2.30 bits per heavy atom. The van der Waals surface area contributed by atoms with Crippen molar-refractivity contribution in [2.45, 2.75) is 46.6 Å². The van der Waals surface area contributed by atoms with Crippen molar-refractivity contribution in [3.8, 4) is 5.75 Å². The fraction of sp³-hybridized carbons (Fsp3) is 0.520. The molecular weight excluding hydrogens is 418 g/mol. The first kappa shape index (κ1) is 24.5. The molecule has 0 saturated carbocycles. The van der Waals surface area contributed by atoms with Gasteiger partial charge in [0.05, 0.1) is 0 Å². The van der Waals surface area contributed by atoms with Gasteiger partial charge in [0.1, 0.15) is 23.4 Å². The summed E-state index contributed by atoms with van der Waals surface area (Å²) in [6, 6.07) is 10.6. The number of nitrogens with one attached hydrogen (secondary N) is 1. The van der Waals surface area contributed by atoms with E-state index in [0.717, 1.165) is 17.3 Å². The third kappa shape index (κ3) is 6.66. The second-order valence-electron chi connectivity index (χ2n) is 9.08. The number of hydrogen-bond acceptors (Lipinski definition) is 6. The molecule has 1 atom stereocenters. The van der Waals surface area contributed by atoms with E-state index in [1.807, 2.05) is 49.9 Å². The van der Waals surface area contributed by atoms with E-state index in [4.69, 9.17) is 9.72 Å². The normalized spacial score (nSPS) is 15.0. The number of aryl methyl sites for hydroxylation is 1. The third-order valence-electron chi connectivity index (χ3n) is 5.65. The van der Waals surface area contributed by atoms with Gasteiger partial charge in [0.15, 0.2) is 6.61 Å². The van der Waals surface area contributed by atoms with Crippen molar-refractivity contribution in [1.29, 1.82) is 0 Å². The lowest BCUT2D eigenvalue weighted by atomic mass is 10.0. The summed E-state index contributed by atoms with van der Waals surface area (Å²) >= 11 is 0. The third-order valence-corrected chi connectivity index (χ3v) is 5.65. The molecule has 178 valence electrons. The molecule has 0 bridgehead atoms. The van der Waals surface area contributed by atoms with Crippen LogP contribution in [0.15, 0.2) is 36.4 Å². The number of benzene rings is 1. The van der Waals surface area contributed by atoms with Gasteiger partial charge in [0.25, 0.3) is 5.91 Å². The molecule has 2 aromatic rings. The molecule has 8 heteroatoms. The number of para-hydroxylation sites is 1. The number of rotatable bonds is 8. The second kappa shape index (κ2) is 11.1. The van der Waals surface area contributed by atoms with Crippen LogP contribution < -0.4 is 15.0 Å². The Labute approximate surface area is 196 Å². The van der Waals surface area contributed by atoms with Crippen LogP contribution in [-0.4, -0.2) is 65.5 Å². The molecule has 1 aliphatic heterocycles.